The number of fused-ring (bicyclic) bond motifs is 5. The van der Waals surface area contributed by atoms with Gasteiger partial charge in [-0.2, -0.15) is 59.6 Å². The Hall–Kier alpha value is -5.68. The maximum absolute atomic E-state index is 6.63. The van der Waals surface area contributed by atoms with Crippen molar-refractivity contribution < 1.29 is 50.3 Å². The monoisotopic (exact) mass is 955 g/mol. The number of pyridine rings is 2. The Labute approximate surface area is 372 Å². The maximum atomic E-state index is 6.63. The van der Waals surface area contributed by atoms with E-state index >= 15 is 0 Å². The van der Waals surface area contributed by atoms with Gasteiger partial charge in [0.15, 0.2) is 0 Å². The summed E-state index contributed by atoms with van der Waals surface area (Å²) in [6.07, 6.45) is 3.42. The van der Waals surface area contributed by atoms with Gasteiger partial charge in [0.05, 0.1) is 0 Å². The van der Waals surface area contributed by atoms with E-state index in [1.807, 2.05) is 36.4 Å². The van der Waals surface area contributed by atoms with Crippen LogP contribution < -0.4 is 29.1 Å². The van der Waals surface area contributed by atoms with Crippen LogP contribution >= 0.6 is 0 Å². The molecule has 2 aliphatic heterocycles. The first-order valence-corrected chi connectivity index (χ1v) is 18.8. The summed E-state index contributed by atoms with van der Waals surface area (Å²) in [7, 11) is 4.12. The second-order valence-electron chi connectivity index (χ2n) is 15.1. The van der Waals surface area contributed by atoms with Crippen molar-refractivity contribution >= 4 is 55.9 Å². The Kier molecular flexibility index (Phi) is 10.8. The second-order valence-corrected chi connectivity index (χ2v) is 15.1. The molecular formula is C48H37N7O2Pd2-6. The third kappa shape index (κ3) is 7.13. The largest absolute Gasteiger partial charge is 0.504 e. The minimum absolute atomic E-state index is 0. The van der Waals surface area contributed by atoms with E-state index in [0.29, 0.717) is 28.9 Å². The Morgan fingerprint density at radius 1 is 0.525 bits per heavy atom. The van der Waals surface area contributed by atoms with Gasteiger partial charge in [0.2, 0.25) is 11.8 Å². The van der Waals surface area contributed by atoms with Gasteiger partial charge in [0.1, 0.15) is 0 Å². The molecule has 302 valence electrons. The van der Waals surface area contributed by atoms with Crippen molar-refractivity contribution in [3.05, 3.63) is 165 Å². The number of para-hydroxylation sites is 4. The van der Waals surface area contributed by atoms with Gasteiger partial charge in [-0.05, 0) is 50.5 Å². The summed E-state index contributed by atoms with van der Waals surface area (Å²) in [6, 6.07) is 51.4. The molecule has 0 bridgehead atoms. The summed E-state index contributed by atoms with van der Waals surface area (Å²) >= 11 is 0. The third-order valence-electron chi connectivity index (χ3n) is 10.3. The molecular weight excluding hydrogens is 919 g/mol. The standard InChI is InChI=1S/C48H37N7O2.2Pd/c1-48(2,3)47-43(56-45-18-10-12-24-49-45)28-34(29-44(47)57-46-19-11-13-25-50-46)55-41-26-32(53-30-51(4)37-14-6-8-16-39(37)53)20-22-35(41)36-23-21-33(27-42(36)55)54-31-52(5)38-15-7-9-17-40(38)54;;/h6-25,30-31H,1-5H3;;/q-6;;. The number of hydrogen-bond acceptors (Lipinski definition) is 8. The molecule has 0 spiro atoms. The molecule has 0 aliphatic carbocycles. The fourth-order valence-electron chi connectivity index (χ4n) is 7.70. The van der Waals surface area contributed by atoms with Crippen molar-refractivity contribution in [1.29, 1.82) is 0 Å². The first-order valence-electron chi connectivity index (χ1n) is 18.8. The van der Waals surface area contributed by atoms with Crippen molar-refractivity contribution in [3.63, 3.8) is 0 Å². The molecule has 2 aliphatic rings. The van der Waals surface area contributed by atoms with Gasteiger partial charge >= 0.3 is 0 Å². The Balaban J connectivity index is 0.00000242. The molecule has 0 amide bonds. The van der Waals surface area contributed by atoms with Gasteiger partial charge in [-0.1, -0.05) is 85.1 Å². The maximum Gasteiger partial charge on any atom is 0.214 e. The molecule has 5 heterocycles. The second kappa shape index (κ2) is 15.8. The summed E-state index contributed by atoms with van der Waals surface area (Å²) in [5.74, 6) is 1.81. The molecule has 0 N–H and O–H groups in total. The third-order valence-corrected chi connectivity index (χ3v) is 10.3. The van der Waals surface area contributed by atoms with Crippen LogP contribution in [-0.2, 0) is 46.3 Å². The van der Waals surface area contributed by atoms with E-state index in [2.05, 4.69) is 179 Å². The van der Waals surface area contributed by atoms with E-state index < -0.39 is 5.41 Å². The van der Waals surface area contributed by atoms with Gasteiger partial charge in [-0.3, -0.25) is 12.1 Å². The summed E-state index contributed by atoms with van der Waals surface area (Å²) in [6.45, 7) is 10.5. The molecule has 3 aromatic heterocycles. The van der Waals surface area contributed by atoms with Crippen molar-refractivity contribution in [2.45, 2.75) is 26.2 Å². The van der Waals surface area contributed by atoms with Crippen LogP contribution in [0.15, 0.2) is 122 Å². The molecule has 0 saturated carbocycles. The van der Waals surface area contributed by atoms with Gasteiger partial charge in [0.25, 0.3) is 0 Å². The van der Waals surface area contributed by atoms with Crippen LogP contribution in [0.3, 0.4) is 0 Å². The number of rotatable bonds is 7. The first-order chi connectivity index (χ1) is 27.7. The SMILES string of the molecule is CN1[CH-]N(c2[c-]c3c(cc2)c2ccc(N4[CH-]N(C)c5ccccc54)[c-]c2n3-c2[c-]c(Oc3ccccn3)c(C(C)(C)C)c(Oc3ccccn3)[c-]2)c2ccccc21.[Pd].[Pd]. The van der Waals surface area contributed by atoms with Gasteiger partial charge in [0, 0.05) is 88.1 Å². The van der Waals surface area contributed by atoms with Crippen LogP contribution in [0.5, 0.6) is 23.3 Å². The van der Waals surface area contributed by atoms with Crippen molar-refractivity contribution in [2.75, 3.05) is 33.7 Å². The molecule has 0 atom stereocenters. The van der Waals surface area contributed by atoms with E-state index in [9.17, 15) is 0 Å². The molecule has 9 nitrogen and oxygen atoms in total. The van der Waals surface area contributed by atoms with E-state index in [0.717, 1.165) is 61.5 Å². The Bertz CT molecular complexity index is 2630. The molecule has 10 rings (SSSR count). The van der Waals surface area contributed by atoms with Gasteiger partial charge in [-0.25, -0.2) is 9.97 Å². The Morgan fingerprint density at radius 2 is 0.949 bits per heavy atom. The molecule has 0 saturated heterocycles. The minimum Gasteiger partial charge on any atom is -0.504 e. The molecule has 8 aromatic rings. The van der Waals surface area contributed by atoms with Gasteiger partial charge < -0.3 is 33.6 Å². The number of hydrogen-bond donors (Lipinski definition) is 0. The quantitative estimate of drug-likeness (QED) is 0.116. The normalized spacial score (nSPS) is 13.3. The summed E-state index contributed by atoms with van der Waals surface area (Å²) in [4.78, 5) is 17.6. The molecule has 0 unspecified atom stereocenters. The van der Waals surface area contributed by atoms with E-state index in [4.69, 9.17) is 9.47 Å². The first kappa shape index (κ1) is 40.1. The smallest absolute Gasteiger partial charge is 0.214 e. The van der Waals surface area contributed by atoms with Crippen molar-refractivity contribution in [1.82, 2.24) is 14.5 Å². The number of anilines is 6. The topological polar surface area (TPSA) is 62.1 Å². The van der Waals surface area contributed by atoms with E-state index in [-0.39, 0.29) is 40.8 Å². The number of benzene rings is 5. The predicted octanol–water partition coefficient (Wildman–Crippen LogP) is 11.1. The fourth-order valence-corrected chi connectivity index (χ4v) is 7.70. The average molecular weight is 957 g/mol. The minimum atomic E-state index is -0.449. The number of aromatic nitrogens is 3. The van der Waals surface area contributed by atoms with Gasteiger partial charge in [-0.15, -0.1) is 23.5 Å². The van der Waals surface area contributed by atoms with Crippen molar-refractivity contribution in [3.8, 4) is 28.9 Å². The van der Waals surface area contributed by atoms with Crippen LogP contribution in [0, 0.1) is 37.6 Å². The van der Waals surface area contributed by atoms with Crippen LogP contribution in [0.2, 0.25) is 0 Å². The number of nitrogens with zero attached hydrogens (tertiary/aromatic N) is 7. The van der Waals surface area contributed by atoms with Crippen molar-refractivity contribution in [2.24, 2.45) is 0 Å². The zero-order valence-corrected chi connectivity index (χ0v) is 35.9. The zero-order valence-electron chi connectivity index (χ0n) is 32.8. The predicted molar refractivity (Wildman–Crippen MR) is 226 cm³/mol. The molecule has 11 heteroatoms. The number of ether oxygens (including phenoxy) is 2. The molecule has 0 fully saturated rings. The molecule has 5 aromatic carbocycles. The average Bonchev–Trinajstić information content (AvgIpc) is 3.86. The van der Waals surface area contributed by atoms with Crippen LogP contribution in [0.4, 0.5) is 34.1 Å². The summed E-state index contributed by atoms with van der Waals surface area (Å²) in [5, 5.41) is 2.00. The summed E-state index contributed by atoms with van der Waals surface area (Å²) in [5.41, 5.74) is 8.67. The molecule has 59 heavy (non-hydrogen) atoms. The fraction of sp³-hybridized carbons (Fsp3) is 0.125. The zero-order chi connectivity index (χ0) is 38.8. The van der Waals surface area contributed by atoms with E-state index in [1.165, 1.54) is 0 Å². The van der Waals surface area contributed by atoms with E-state index in [1.54, 1.807) is 12.4 Å². The Morgan fingerprint density at radius 3 is 1.36 bits per heavy atom. The molecule has 0 radical (unpaired) electrons. The van der Waals surface area contributed by atoms with Crippen LogP contribution in [-0.4, -0.2) is 28.6 Å². The van der Waals surface area contributed by atoms with Crippen LogP contribution in [0.1, 0.15) is 26.3 Å². The summed E-state index contributed by atoms with van der Waals surface area (Å²) < 4.78 is 15.4. The van der Waals surface area contributed by atoms with Crippen LogP contribution in [0.25, 0.3) is 27.5 Å².